The molecule has 10 nitrogen and oxygen atoms in total. The Morgan fingerprint density at radius 3 is 2.57 bits per heavy atom. The maximum absolute atomic E-state index is 13.1. The lowest BCUT2D eigenvalue weighted by Crippen LogP contribution is -2.59. The summed E-state index contributed by atoms with van der Waals surface area (Å²) in [5, 5.41) is 8.08. The molecule has 2 aromatic carbocycles. The molecule has 5 rings (SSSR count). The molecular formula is C24H25N7O3S. The van der Waals surface area contributed by atoms with E-state index in [-0.39, 0.29) is 23.2 Å². The number of piperidine rings is 1. The maximum Gasteiger partial charge on any atom is 0.332 e. The van der Waals surface area contributed by atoms with Crippen LogP contribution in [0.5, 0.6) is 0 Å². The Morgan fingerprint density at radius 1 is 1.11 bits per heavy atom. The Bertz CT molecular complexity index is 1460. The molecule has 0 aliphatic carbocycles. The summed E-state index contributed by atoms with van der Waals surface area (Å²) in [6, 6.07) is 14.8. The van der Waals surface area contributed by atoms with Crippen LogP contribution in [0.1, 0.15) is 23.3 Å². The third-order valence-corrected chi connectivity index (χ3v) is 7.39. The molecule has 0 saturated carbocycles. The van der Waals surface area contributed by atoms with Gasteiger partial charge >= 0.3 is 5.69 Å². The van der Waals surface area contributed by atoms with Crippen molar-refractivity contribution in [2.45, 2.75) is 18.4 Å². The fourth-order valence-corrected chi connectivity index (χ4v) is 5.32. The Balaban J connectivity index is 1.36. The number of nitrogens with zero attached hydrogens (tertiary/aromatic N) is 3. The first-order valence-electron chi connectivity index (χ1n) is 11.2. The van der Waals surface area contributed by atoms with Crippen LogP contribution in [0, 0.1) is 0 Å². The van der Waals surface area contributed by atoms with Crippen molar-refractivity contribution in [3.63, 3.8) is 0 Å². The van der Waals surface area contributed by atoms with E-state index >= 15 is 0 Å². The molecule has 1 saturated heterocycles. The zero-order chi connectivity index (χ0) is 24.6. The van der Waals surface area contributed by atoms with Gasteiger partial charge in [-0.3, -0.25) is 9.59 Å². The number of likely N-dealkylation sites (N-methyl/N-ethyl adjacent to an activating group) is 1. The minimum absolute atomic E-state index is 0.221. The molecule has 4 aromatic rings. The lowest BCUT2D eigenvalue weighted by molar-refractivity contribution is -0.125. The lowest BCUT2D eigenvalue weighted by Gasteiger charge is -2.41. The van der Waals surface area contributed by atoms with E-state index in [0.29, 0.717) is 47.8 Å². The Morgan fingerprint density at radius 2 is 1.83 bits per heavy atom. The van der Waals surface area contributed by atoms with Crippen molar-refractivity contribution in [2.75, 3.05) is 30.4 Å². The highest BCUT2D eigenvalue weighted by Gasteiger charge is 2.38. The van der Waals surface area contributed by atoms with Gasteiger partial charge in [0, 0.05) is 18.5 Å². The number of imidazole rings is 1. The second-order valence-corrected chi connectivity index (χ2v) is 9.29. The van der Waals surface area contributed by atoms with Crippen LogP contribution in [0.4, 0.5) is 11.4 Å². The summed E-state index contributed by atoms with van der Waals surface area (Å²) < 4.78 is 1.46. The molecule has 0 radical (unpaired) electrons. The number of primary amides is 1. The van der Waals surface area contributed by atoms with Crippen molar-refractivity contribution < 1.29 is 9.59 Å². The van der Waals surface area contributed by atoms with E-state index < -0.39 is 5.54 Å². The predicted molar refractivity (Wildman–Crippen MR) is 136 cm³/mol. The first-order valence-corrected chi connectivity index (χ1v) is 12.1. The van der Waals surface area contributed by atoms with Crippen LogP contribution in [0.2, 0.25) is 0 Å². The molecule has 11 heteroatoms. The van der Waals surface area contributed by atoms with Gasteiger partial charge in [-0.05, 0) is 44.2 Å². The van der Waals surface area contributed by atoms with Gasteiger partial charge in [0.2, 0.25) is 5.91 Å². The van der Waals surface area contributed by atoms with Crippen LogP contribution < -0.4 is 27.0 Å². The van der Waals surface area contributed by atoms with Gasteiger partial charge in [-0.15, -0.1) is 11.3 Å². The predicted octanol–water partition coefficient (Wildman–Crippen LogP) is 2.07. The molecule has 1 aliphatic rings. The Kier molecular flexibility index (Phi) is 5.87. The highest BCUT2D eigenvalue weighted by molar-refractivity contribution is 7.12. The number of para-hydroxylation sites is 4. The van der Waals surface area contributed by atoms with Crippen molar-refractivity contribution in [1.82, 2.24) is 19.9 Å². The number of carbonyl (C=O) groups excluding carboxylic acids is 2. The van der Waals surface area contributed by atoms with Gasteiger partial charge in [-0.2, -0.15) is 0 Å². The molecule has 3 heterocycles. The zero-order valence-electron chi connectivity index (χ0n) is 19.1. The van der Waals surface area contributed by atoms with E-state index in [1.54, 1.807) is 12.4 Å². The van der Waals surface area contributed by atoms with Crippen LogP contribution in [0.15, 0.2) is 58.7 Å². The summed E-state index contributed by atoms with van der Waals surface area (Å²) in [5.41, 5.74) is 7.73. The summed E-state index contributed by atoms with van der Waals surface area (Å²) in [5.74, 6) is -0.721. The van der Waals surface area contributed by atoms with E-state index in [1.165, 1.54) is 15.9 Å². The Labute approximate surface area is 204 Å². The molecule has 35 heavy (non-hydrogen) atoms. The quantitative estimate of drug-likeness (QED) is 0.326. The number of hydrogen-bond donors (Lipinski definition) is 4. The molecule has 0 unspecified atom stereocenters. The summed E-state index contributed by atoms with van der Waals surface area (Å²) in [6.45, 7) is 1.22. The van der Waals surface area contributed by atoms with Crippen LogP contribution in [-0.2, 0) is 4.79 Å². The molecular weight excluding hydrogens is 466 g/mol. The third-order valence-electron chi connectivity index (χ3n) is 6.57. The molecule has 5 N–H and O–H groups in total. The molecule has 2 aromatic heterocycles. The topological polar surface area (TPSA) is 138 Å². The highest BCUT2D eigenvalue weighted by atomic mass is 32.1. The number of amides is 2. The van der Waals surface area contributed by atoms with Gasteiger partial charge in [0.1, 0.15) is 11.2 Å². The largest absolute Gasteiger partial charge is 0.370 e. The van der Waals surface area contributed by atoms with Gasteiger partial charge in [-0.25, -0.2) is 14.3 Å². The number of aromatic amines is 1. The normalized spacial score (nSPS) is 15.3. The molecule has 2 amide bonds. The van der Waals surface area contributed by atoms with E-state index in [0.717, 1.165) is 5.69 Å². The van der Waals surface area contributed by atoms with E-state index in [9.17, 15) is 14.4 Å². The first kappa shape index (κ1) is 22.8. The standard InChI is InChI=1S/C24H25N7O3S/c1-26-24(21(25)33)10-12-30(13-11-24)18-8-4-2-6-15(18)27-20(32)17-14-35-23(29-17)31-19-9-5-3-7-16(19)28-22(31)34/h2-9,14,26H,10-13H2,1H3,(H2,25,33)(H,27,32)(H,28,34). The molecule has 0 atom stereocenters. The number of aromatic nitrogens is 3. The number of thiazole rings is 1. The van der Waals surface area contributed by atoms with E-state index in [1.807, 2.05) is 48.5 Å². The number of hydrogen-bond acceptors (Lipinski definition) is 7. The minimum atomic E-state index is -0.716. The number of fused-ring (bicyclic) bond motifs is 1. The first-order chi connectivity index (χ1) is 16.9. The SMILES string of the molecule is CNC1(C(N)=O)CCN(c2ccccc2NC(=O)c2csc(-n3c(=O)[nH]c4ccccc43)n2)CC1. The summed E-state index contributed by atoms with van der Waals surface area (Å²) >= 11 is 1.22. The average Bonchev–Trinajstić information content (AvgIpc) is 3.48. The third kappa shape index (κ3) is 4.08. The number of nitrogens with one attached hydrogen (secondary N) is 3. The summed E-state index contributed by atoms with van der Waals surface area (Å²) in [4.78, 5) is 46.9. The Hall–Kier alpha value is -3.96. The summed E-state index contributed by atoms with van der Waals surface area (Å²) in [7, 11) is 1.75. The molecule has 0 bridgehead atoms. The second-order valence-electron chi connectivity index (χ2n) is 8.45. The molecule has 1 aliphatic heterocycles. The van der Waals surface area contributed by atoms with Gasteiger partial charge < -0.3 is 26.3 Å². The molecule has 1 fully saturated rings. The maximum atomic E-state index is 13.1. The number of H-pyrrole nitrogens is 1. The van der Waals surface area contributed by atoms with Gasteiger partial charge in [-0.1, -0.05) is 24.3 Å². The molecule has 0 spiro atoms. The lowest BCUT2D eigenvalue weighted by atomic mass is 9.86. The zero-order valence-corrected chi connectivity index (χ0v) is 19.9. The monoisotopic (exact) mass is 491 g/mol. The fourth-order valence-electron chi connectivity index (χ4n) is 4.51. The van der Waals surface area contributed by atoms with Crippen molar-refractivity contribution in [1.29, 1.82) is 0 Å². The second kappa shape index (κ2) is 9.01. The summed E-state index contributed by atoms with van der Waals surface area (Å²) in [6.07, 6.45) is 1.13. The van der Waals surface area contributed by atoms with Crippen LogP contribution in [0.25, 0.3) is 16.2 Å². The van der Waals surface area contributed by atoms with Crippen LogP contribution in [0.3, 0.4) is 0 Å². The minimum Gasteiger partial charge on any atom is -0.370 e. The van der Waals surface area contributed by atoms with Gasteiger partial charge in [0.25, 0.3) is 5.91 Å². The van der Waals surface area contributed by atoms with E-state index in [2.05, 4.69) is 25.5 Å². The van der Waals surface area contributed by atoms with E-state index in [4.69, 9.17) is 5.73 Å². The van der Waals surface area contributed by atoms with Crippen molar-refractivity contribution in [3.05, 3.63) is 70.1 Å². The van der Waals surface area contributed by atoms with Crippen LogP contribution >= 0.6 is 11.3 Å². The van der Waals surface area contributed by atoms with Crippen molar-refractivity contribution in [2.24, 2.45) is 5.73 Å². The average molecular weight is 492 g/mol. The van der Waals surface area contributed by atoms with Gasteiger partial charge in [0.15, 0.2) is 5.13 Å². The number of carbonyl (C=O) groups is 2. The number of anilines is 2. The number of benzene rings is 2. The number of rotatable bonds is 6. The van der Waals surface area contributed by atoms with Crippen molar-refractivity contribution in [3.8, 4) is 5.13 Å². The van der Waals surface area contributed by atoms with Crippen LogP contribution in [-0.4, -0.2) is 52.0 Å². The van der Waals surface area contributed by atoms with Gasteiger partial charge in [0.05, 0.1) is 22.4 Å². The molecule has 180 valence electrons. The van der Waals surface area contributed by atoms with Crippen molar-refractivity contribution >= 4 is 45.6 Å². The smallest absolute Gasteiger partial charge is 0.332 e. The highest BCUT2D eigenvalue weighted by Crippen LogP contribution is 2.31. The fraction of sp³-hybridized carbons (Fsp3) is 0.250. The number of nitrogens with two attached hydrogens (primary N) is 1.